The lowest BCUT2D eigenvalue weighted by Gasteiger charge is -2.23. The fourth-order valence-electron chi connectivity index (χ4n) is 1.59. The first-order valence-corrected chi connectivity index (χ1v) is 7.58. The van der Waals surface area contributed by atoms with Gasteiger partial charge in [-0.15, -0.1) is 0 Å². The number of carbonyl (C=O) groups is 1. The van der Waals surface area contributed by atoms with E-state index >= 15 is 0 Å². The summed E-state index contributed by atoms with van der Waals surface area (Å²) < 4.78 is 26.9. The topological polar surface area (TPSA) is 114 Å². The highest BCUT2D eigenvalue weighted by molar-refractivity contribution is 7.89. The highest BCUT2D eigenvalue weighted by atomic mass is 32.2. The van der Waals surface area contributed by atoms with Crippen LogP contribution >= 0.6 is 0 Å². The van der Waals surface area contributed by atoms with E-state index in [-0.39, 0.29) is 29.6 Å². The highest BCUT2D eigenvalue weighted by Gasteiger charge is 2.29. The monoisotopic (exact) mass is 300 g/mol. The van der Waals surface area contributed by atoms with Crippen LogP contribution < -0.4 is 15.8 Å². The van der Waals surface area contributed by atoms with E-state index in [1.807, 2.05) is 0 Å². The van der Waals surface area contributed by atoms with Crippen LogP contribution in [0.3, 0.4) is 0 Å². The minimum Gasteiger partial charge on any atom is -0.359 e. The number of hydrogen-bond acceptors (Lipinski definition) is 5. The number of amides is 1. The lowest BCUT2D eigenvalue weighted by atomic mass is 9.93. The van der Waals surface area contributed by atoms with Gasteiger partial charge in [-0.3, -0.25) is 9.78 Å². The molecule has 20 heavy (non-hydrogen) atoms. The zero-order valence-electron chi connectivity index (χ0n) is 11.8. The zero-order chi connectivity index (χ0) is 15.4. The minimum atomic E-state index is -3.75. The Bertz CT molecular complexity index is 584. The molecular weight excluding hydrogens is 280 g/mol. The SMILES string of the molecule is CNC(=O)C(C)(C)CNS(=O)(=O)c1cccnc1CN. The molecule has 0 bridgehead atoms. The van der Waals surface area contributed by atoms with Crippen LogP contribution in [0, 0.1) is 5.41 Å². The van der Waals surface area contributed by atoms with Crippen LogP contribution in [-0.4, -0.2) is 32.9 Å². The molecule has 0 atom stereocenters. The van der Waals surface area contributed by atoms with Gasteiger partial charge in [-0.25, -0.2) is 13.1 Å². The molecule has 1 heterocycles. The van der Waals surface area contributed by atoms with Crippen molar-refractivity contribution in [3.05, 3.63) is 24.0 Å². The first-order chi connectivity index (χ1) is 9.24. The Labute approximate surface area is 119 Å². The van der Waals surface area contributed by atoms with E-state index in [2.05, 4.69) is 15.0 Å². The zero-order valence-corrected chi connectivity index (χ0v) is 12.6. The molecular formula is C12H20N4O3S. The number of hydrogen-bond donors (Lipinski definition) is 3. The van der Waals surface area contributed by atoms with Gasteiger partial charge in [-0.1, -0.05) is 0 Å². The summed E-state index contributed by atoms with van der Waals surface area (Å²) in [6, 6.07) is 2.96. The van der Waals surface area contributed by atoms with Crippen molar-refractivity contribution < 1.29 is 13.2 Å². The molecule has 8 heteroatoms. The van der Waals surface area contributed by atoms with Gasteiger partial charge < -0.3 is 11.1 Å². The lowest BCUT2D eigenvalue weighted by molar-refractivity contribution is -0.128. The maximum atomic E-state index is 12.2. The number of nitrogens with two attached hydrogens (primary N) is 1. The van der Waals surface area contributed by atoms with Gasteiger partial charge in [-0.05, 0) is 26.0 Å². The molecule has 0 unspecified atom stereocenters. The maximum absolute atomic E-state index is 12.2. The van der Waals surface area contributed by atoms with Gasteiger partial charge >= 0.3 is 0 Å². The second kappa shape index (κ2) is 6.29. The molecule has 0 spiro atoms. The van der Waals surface area contributed by atoms with Crippen LogP contribution in [0.5, 0.6) is 0 Å². The van der Waals surface area contributed by atoms with E-state index < -0.39 is 15.4 Å². The molecule has 7 nitrogen and oxygen atoms in total. The highest BCUT2D eigenvalue weighted by Crippen LogP contribution is 2.17. The number of nitrogens with one attached hydrogen (secondary N) is 2. The molecule has 0 saturated carbocycles. The molecule has 1 aromatic rings. The predicted molar refractivity (Wildman–Crippen MR) is 75.2 cm³/mol. The molecule has 0 fully saturated rings. The molecule has 0 aliphatic carbocycles. The second-order valence-corrected chi connectivity index (χ2v) is 6.68. The van der Waals surface area contributed by atoms with Crippen LogP contribution in [0.15, 0.2) is 23.2 Å². The van der Waals surface area contributed by atoms with Crippen molar-refractivity contribution in [1.29, 1.82) is 0 Å². The van der Waals surface area contributed by atoms with Gasteiger partial charge in [-0.2, -0.15) is 0 Å². The average Bonchev–Trinajstić information content (AvgIpc) is 2.44. The first kappa shape index (κ1) is 16.5. The molecule has 1 amide bonds. The average molecular weight is 300 g/mol. The van der Waals surface area contributed by atoms with Crippen molar-refractivity contribution in [2.45, 2.75) is 25.3 Å². The number of pyridine rings is 1. The van der Waals surface area contributed by atoms with Gasteiger partial charge in [0.05, 0.1) is 11.1 Å². The summed E-state index contributed by atoms with van der Waals surface area (Å²) in [6.45, 7) is 3.31. The molecule has 1 aromatic heterocycles. The number of aromatic nitrogens is 1. The molecule has 0 radical (unpaired) electrons. The van der Waals surface area contributed by atoms with Crippen molar-refractivity contribution in [2.24, 2.45) is 11.1 Å². The van der Waals surface area contributed by atoms with Crippen molar-refractivity contribution in [3.63, 3.8) is 0 Å². The smallest absolute Gasteiger partial charge is 0.242 e. The summed E-state index contributed by atoms with van der Waals surface area (Å²) in [5.41, 5.74) is 4.92. The number of sulfonamides is 1. The Kier molecular flexibility index (Phi) is 5.21. The predicted octanol–water partition coefficient (Wildman–Crippen LogP) is -0.409. The third-order valence-corrected chi connectivity index (χ3v) is 4.35. The summed E-state index contributed by atoms with van der Waals surface area (Å²) >= 11 is 0. The molecule has 0 aromatic carbocycles. The fraction of sp³-hybridized carbons (Fsp3) is 0.500. The number of nitrogens with zero attached hydrogens (tertiary/aromatic N) is 1. The van der Waals surface area contributed by atoms with Gasteiger partial charge in [0.2, 0.25) is 15.9 Å². The van der Waals surface area contributed by atoms with Gasteiger partial charge in [0.1, 0.15) is 4.90 Å². The van der Waals surface area contributed by atoms with Crippen molar-refractivity contribution in [1.82, 2.24) is 15.0 Å². The summed E-state index contributed by atoms with van der Waals surface area (Å²) in [5.74, 6) is -0.245. The summed E-state index contributed by atoms with van der Waals surface area (Å²) in [4.78, 5) is 15.6. The van der Waals surface area contributed by atoms with E-state index in [9.17, 15) is 13.2 Å². The second-order valence-electron chi connectivity index (χ2n) is 4.94. The first-order valence-electron chi connectivity index (χ1n) is 6.10. The van der Waals surface area contributed by atoms with Gasteiger partial charge in [0.25, 0.3) is 0 Å². The van der Waals surface area contributed by atoms with Crippen molar-refractivity contribution in [3.8, 4) is 0 Å². The van der Waals surface area contributed by atoms with Gasteiger partial charge in [0, 0.05) is 26.3 Å². The summed E-state index contributed by atoms with van der Waals surface area (Å²) in [5, 5.41) is 2.50. The third kappa shape index (κ3) is 3.75. The lowest BCUT2D eigenvalue weighted by Crippen LogP contribution is -2.43. The normalized spacial score (nSPS) is 12.2. The van der Waals surface area contributed by atoms with Crippen LogP contribution in [0.1, 0.15) is 19.5 Å². The molecule has 4 N–H and O–H groups in total. The van der Waals surface area contributed by atoms with Crippen LogP contribution in [-0.2, 0) is 21.4 Å². The van der Waals surface area contributed by atoms with E-state index in [4.69, 9.17) is 5.73 Å². The Balaban J connectivity index is 2.94. The van der Waals surface area contributed by atoms with Crippen molar-refractivity contribution >= 4 is 15.9 Å². The largest absolute Gasteiger partial charge is 0.359 e. The standard InChI is InChI=1S/C12H20N4O3S/c1-12(2,11(17)14-3)8-16-20(18,19)10-5-4-6-15-9(10)7-13/h4-6,16H,7-8,13H2,1-3H3,(H,14,17). The Morgan fingerprint density at radius 2 is 2.10 bits per heavy atom. The quantitative estimate of drug-likeness (QED) is 0.661. The Morgan fingerprint density at radius 3 is 2.65 bits per heavy atom. The van der Waals surface area contributed by atoms with E-state index in [1.165, 1.54) is 25.4 Å². The molecule has 0 aliphatic rings. The number of carbonyl (C=O) groups excluding carboxylic acids is 1. The van der Waals surface area contributed by atoms with Crippen LogP contribution in [0.2, 0.25) is 0 Å². The Hall–Kier alpha value is -1.51. The Morgan fingerprint density at radius 1 is 1.45 bits per heavy atom. The van der Waals surface area contributed by atoms with Crippen LogP contribution in [0.4, 0.5) is 0 Å². The van der Waals surface area contributed by atoms with E-state index in [0.717, 1.165) is 0 Å². The van der Waals surface area contributed by atoms with Crippen molar-refractivity contribution in [2.75, 3.05) is 13.6 Å². The maximum Gasteiger partial charge on any atom is 0.242 e. The molecule has 112 valence electrons. The van der Waals surface area contributed by atoms with E-state index in [1.54, 1.807) is 13.8 Å². The summed E-state index contributed by atoms with van der Waals surface area (Å²) in [6.07, 6.45) is 1.48. The van der Waals surface area contributed by atoms with Crippen LogP contribution in [0.25, 0.3) is 0 Å². The van der Waals surface area contributed by atoms with Gasteiger partial charge in [0.15, 0.2) is 0 Å². The molecule has 0 aliphatic heterocycles. The molecule has 1 rings (SSSR count). The minimum absolute atomic E-state index is 0.0199. The summed E-state index contributed by atoms with van der Waals surface area (Å²) in [7, 11) is -2.24. The third-order valence-electron chi connectivity index (χ3n) is 2.88. The molecule has 0 saturated heterocycles. The fourth-order valence-corrected chi connectivity index (χ4v) is 3.00. The number of rotatable bonds is 6. The van der Waals surface area contributed by atoms with E-state index in [0.29, 0.717) is 0 Å².